The molecule has 1 nitrogen and oxygen atoms in total. The second-order valence-corrected chi connectivity index (χ2v) is 3.64. The third-order valence-electron chi connectivity index (χ3n) is 2.49. The highest BCUT2D eigenvalue weighted by Crippen LogP contribution is 2.34. The van der Waals surface area contributed by atoms with Crippen LogP contribution in [0.5, 0.6) is 0 Å². The van der Waals surface area contributed by atoms with E-state index in [2.05, 4.69) is 11.9 Å². The van der Waals surface area contributed by atoms with Gasteiger partial charge in [-0.3, -0.25) is 4.99 Å². The van der Waals surface area contributed by atoms with E-state index >= 15 is 0 Å². The van der Waals surface area contributed by atoms with Gasteiger partial charge in [0.15, 0.2) is 0 Å². The highest BCUT2D eigenvalue weighted by atomic mass is 14.8. The van der Waals surface area contributed by atoms with Crippen LogP contribution in [-0.2, 0) is 0 Å². The van der Waals surface area contributed by atoms with E-state index in [1.165, 1.54) is 32.1 Å². The van der Waals surface area contributed by atoms with Crippen molar-refractivity contribution in [1.29, 1.82) is 0 Å². The smallest absolute Gasteiger partial charge is 0.0471 e. The van der Waals surface area contributed by atoms with Crippen molar-refractivity contribution in [3.8, 4) is 0 Å². The molecular weight excluding hydrogens is 122 g/mol. The molecule has 0 saturated heterocycles. The fourth-order valence-electron chi connectivity index (χ4n) is 1.72. The average Bonchev–Trinajstić information content (AvgIpc) is 2.68. The van der Waals surface area contributed by atoms with Crippen LogP contribution in [0.4, 0.5) is 0 Å². The molecule has 1 heteroatoms. The van der Waals surface area contributed by atoms with E-state index in [4.69, 9.17) is 0 Å². The molecule has 0 aromatic carbocycles. The Morgan fingerprint density at radius 2 is 2.10 bits per heavy atom. The monoisotopic (exact) mass is 137 g/mol. The van der Waals surface area contributed by atoms with Gasteiger partial charge in [-0.15, -0.1) is 0 Å². The summed E-state index contributed by atoms with van der Waals surface area (Å²) in [4.78, 5) is 4.66. The lowest BCUT2D eigenvalue weighted by atomic mass is 10.0. The molecular formula is C9H15N. The normalized spacial score (nSPS) is 33.7. The Balaban J connectivity index is 2.03. The Labute approximate surface area is 62.5 Å². The molecule has 1 atom stereocenters. The predicted molar refractivity (Wildman–Crippen MR) is 43.5 cm³/mol. The number of hydrogen-bond donors (Lipinski definition) is 0. The molecule has 0 amide bonds. The minimum Gasteiger partial charge on any atom is -0.291 e. The van der Waals surface area contributed by atoms with Gasteiger partial charge in [-0.05, 0) is 44.9 Å². The molecule has 0 aromatic heterocycles. The number of aliphatic imine (C=N–C) groups is 1. The molecule has 0 bridgehead atoms. The Hall–Kier alpha value is -0.330. The first-order valence-electron chi connectivity index (χ1n) is 4.43. The predicted octanol–water partition coefficient (Wildman–Crippen LogP) is 2.41. The second-order valence-electron chi connectivity index (χ2n) is 3.64. The number of nitrogens with zero attached hydrogens (tertiary/aromatic N) is 1. The van der Waals surface area contributed by atoms with Gasteiger partial charge in [-0.25, -0.2) is 0 Å². The molecule has 0 spiro atoms. The van der Waals surface area contributed by atoms with Crippen molar-refractivity contribution in [2.75, 3.05) is 0 Å². The molecule has 0 aromatic rings. The third kappa shape index (κ3) is 1.23. The van der Waals surface area contributed by atoms with Crippen molar-refractivity contribution < 1.29 is 0 Å². The fourth-order valence-corrected chi connectivity index (χ4v) is 1.72. The van der Waals surface area contributed by atoms with Crippen LogP contribution in [0.2, 0.25) is 0 Å². The molecule has 0 radical (unpaired) electrons. The van der Waals surface area contributed by atoms with Gasteiger partial charge >= 0.3 is 0 Å². The molecule has 10 heavy (non-hydrogen) atoms. The molecule has 1 heterocycles. The summed E-state index contributed by atoms with van der Waals surface area (Å²) in [5, 5.41) is 0. The van der Waals surface area contributed by atoms with Crippen LogP contribution in [0, 0.1) is 5.92 Å². The van der Waals surface area contributed by atoms with Crippen molar-refractivity contribution in [2.45, 2.75) is 45.1 Å². The molecule has 0 unspecified atom stereocenters. The van der Waals surface area contributed by atoms with Gasteiger partial charge in [0, 0.05) is 11.8 Å². The maximum atomic E-state index is 4.66. The lowest BCUT2D eigenvalue weighted by Gasteiger charge is -2.16. The van der Waals surface area contributed by atoms with E-state index in [9.17, 15) is 0 Å². The molecule has 56 valence electrons. The molecule has 2 aliphatic rings. The SMILES string of the molecule is C[C@@H]1CCCC(C2CC2)=N1. The van der Waals surface area contributed by atoms with E-state index in [1.807, 2.05) is 0 Å². The van der Waals surface area contributed by atoms with E-state index in [0.717, 1.165) is 5.92 Å². The van der Waals surface area contributed by atoms with E-state index in [-0.39, 0.29) is 0 Å². The van der Waals surface area contributed by atoms with Gasteiger partial charge in [0.1, 0.15) is 0 Å². The van der Waals surface area contributed by atoms with Crippen molar-refractivity contribution in [1.82, 2.24) is 0 Å². The standard InChI is InChI=1S/C9H15N/c1-7-3-2-4-9(10-7)8-5-6-8/h7-8H,2-6H2,1H3/t7-/m1/s1. The Morgan fingerprint density at radius 1 is 1.30 bits per heavy atom. The lowest BCUT2D eigenvalue weighted by molar-refractivity contribution is 0.601. The summed E-state index contributed by atoms with van der Waals surface area (Å²) in [7, 11) is 0. The van der Waals surface area contributed by atoms with Crippen LogP contribution in [0.1, 0.15) is 39.0 Å². The van der Waals surface area contributed by atoms with Crippen LogP contribution in [0.15, 0.2) is 4.99 Å². The number of rotatable bonds is 1. The molecule has 2 rings (SSSR count). The van der Waals surface area contributed by atoms with Crippen molar-refractivity contribution in [3.63, 3.8) is 0 Å². The van der Waals surface area contributed by atoms with Crippen LogP contribution in [0.25, 0.3) is 0 Å². The maximum absolute atomic E-state index is 4.66. The molecule has 1 fully saturated rings. The summed E-state index contributed by atoms with van der Waals surface area (Å²) in [6.07, 6.45) is 6.85. The lowest BCUT2D eigenvalue weighted by Crippen LogP contribution is -2.13. The highest BCUT2D eigenvalue weighted by molar-refractivity contribution is 5.89. The van der Waals surface area contributed by atoms with E-state index < -0.39 is 0 Å². The summed E-state index contributed by atoms with van der Waals surface area (Å²) >= 11 is 0. The minimum atomic E-state index is 0.629. The molecule has 1 aliphatic carbocycles. The molecule has 1 aliphatic heterocycles. The second kappa shape index (κ2) is 2.37. The first-order chi connectivity index (χ1) is 4.86. The van der Waals surface area contributed by atoms with Crippen molar-refractivity contribution in [3.05, 3.63) is 0 Å². The Morgan fingerprint density at radius 3 is 2.70 bits per heavy atom. The summed E-state index contributed by atoms with van der Waals surface area (Å²) in [6.45, 7) is 2.24. The van der Waals surface area contributed by atoms with Crippen molar-refractivity contribution in [2.24, 2.45) is 10.9 Å². The fraction of sp³-hybridized carbons (Fsp3) is 0.889. The highest BCUT2D eigenvalue weighted by Gasteiger charge is 2.28. The number of hydrogen-bond acceptors (Lipinski definition) is 1. The average molecular weight is 137 g/mol. The first-order valence-corrected chi connectivity index (χ1v) is 4.43. The Bertz CT molecular complexity index is 156. The van der Waals surface area contributed by atoms with Gasteiger partial charge < -0.3 is 0 Å². The van der Waals surface area contributed by atoms with E-state index in [0.29, 0.717) is 6.04 Å². The quantitative estimate of drug-likeness (QED) is 0.526. The zero-order chi connectivity index (χ0) is 6.97. The topological polar surface area (TPSA) is 12.4 Å². The van der Waals surface area contributed by atoms with Gasteiger partial charge in [0.25, 0.3) is 0 Å². The van der Waals surface area contributed by atoms with Crippen LogP contribution in [0.3, 0.4) is 0 Å². The molecule has 0 N–H and O–H groups in total. The largest absolute Gasteiger partial charge is 0.291 e. The van der Waals surface area contributed by atoms with Crippen LogP contribution < -0.4 is 0 Å². The zero-order valence-corrected chi connectivity index (χ0v) is 6.64. The third-order valence-corrected chi connectivity index (χ3v) is 2.49. The van der Waals surface area contributed by atoms with Gasteiger partial charge in [0.2, 0.25) is 0 Å². The van der Waals surface area contributed by atoms with Gasteiger partial charge in [-0.2, -0.15) is 0 Å². The van der Waals surface area contributed by atoms with Crippen molar-refractivity contribution >= 4 is 5.71 Å². The van der Waals surface area contributed by atoms with Crippen LogP contribution in [-0.4, -0.2) is 11.8 Å². The molecule has 1 saturated carbocycles. The van der Waals surface area contributed by atoms with E-state index in [1.54, 1.807) is 5.71 Å². The summed E-state index contributed by atoms with van der Waals surface area (Å²) < 4.78 is 0. The Kier molecular flexibility index (Phi) is 1.51. The summed E-state index contributed by atoms with van der Waals surface area (Å²) in [6, 6.07) is 0.629. The maximum Gasteiger partial charge on any atom is 0.0471 e. The zero-order valence-electron chi connectivity index (χ0n) is 6.64. The summed E-state index contributed by atoms with van der Waals surface area (Å²) in [5.74, 6) is 0.919. The van der Waals surface area contributed by atoms with Gasteiger partial charge in [0.05, 0.1) is 0 Å². The first kappa shape index (κ1) is 6.38. The van der Waals surface area contributed by atoms with Gasteiger partial charge in [-0.1, -0.05) is 0 Å². The minimum absolute atomic E-state index is 0.629. The summed E-state index contributed by atoms with van der Waals surface area (Å²) in [5.41, 5.74) is 1.54. The van der Waals surface area contributed by atoms with Crippen LogP contribution >= 0.6 is 0 Å².